The minimum atomic E-state index is 0.422. The SMILES string of the molecule is Oc1cccc2c1CC(S)CC2. The number of rotatable bonds is 0. The summed E-state index contributed by atoms with van der Waals surface area (Å²) in [5.41, 5.74) is 2.39. The van der Waals surface area contributed by atoms with Gasteiger partial charge in [-0.05, 0) is 36.5 Å². The number of phenolic OH excluding ortho intramolecular Hbond substituents is 1. The van der Waals surface area contributed by atoms with Crippen LogP contribution < -0.4 is 0 Å². The average molecular weight is 180 g/mol. The zero-order valence-corrected chi connectivity index (χ0v) is 7.72. The van der Waals surface area contributed by atoms with E-state index in [1.54, 1.807) is 6.07 Å². The molecule has 1 aliphatic carbocycles. The Balaban J connectivity index is 2.43. The number of aromatic hydroxyl groups is 1. The van der Waals surface area contributed by atoms with Crippen LogP contribution in [-0.2, 0) is 12.8 Å². The fourth-order valence-electron chi connectivity index (χ4n) is 1.75. The summed E-state index contributed by atoms with van der Waals surface area (Å²) in [7, 11) is 0. The number of benzene rings is 1. The van der Waals surface area contributed by atoms with Crippen LogP contribution >= 0.6 is 12.6 Å². The summed E-state index contributed by atoms with van der Waals surface area (Å²) < 4.78 is 0. The molecule has 0 spiro atoms. The smallest absolute Gasteiger partial charge is 0.119 e. The standard InChI is InChI=1S/C10H12OS/c11-10-3-1-2-7-4-5-8(12)6-9(7)10/h1-3,8,11-12H,4-6H2. The lowest BCUT2D eigenvalue weighted by Gasteiger charge is -2.21. The molecule has 2 rings (SSSR count). The Kier molecular flexibility index (Phi) is 2.01. The molecule has 0 heterocycles. The van der Waals surface area contributed by atoms with Gasteiger partial charge in [-0.3, -0.25) is 0 Å². The van der Waals surface area contributed by atoms with E-state index in [9.17, 15) is 5.11 Å². The van der Waals surface area contributed by atoms with Crippen molar-refractivity contribution in [1.29, 1.82) is 0 Å². The Morgan fingerprint density at radius 1 is 1.42 bits per heavy atom. The van der Waals surface area contributed by atoms with Gasteiger partial charge in [0.25, 0.3) is 0 Å². The first-order chi connectivity index (χ1) is 5.77. The number of thiol groups is 1. The zero-order chi connectivity index (χ0) is 8.55. The molecule has 1 aromatic carbocycles. The first-order valence-corrected chi connectivity index (χ1v) is 4.77. The molecule has 0 aliphatic heterocycles. The molecular weight excluding hydrogens is 168 g/mol. The quantitative estimate of drug-likeness (QED) is 0.586. The van der Waals surface area contributed by atoms with Crippen LogP contribution in [0, 0.1) is 0 Å². The second-order valence-electron chi connectivity index (χ2n) is 3.31. The Morgan fingerprint density at radius 3 is 3.08 bits per heavy atom. The van der Waals surface area contributed by atoms with Crippen molar-refractivity contribution in [2.24, 2.45) is 0 Å². The first-order valence-electron chi connectivity index (χ1n) is 4.25. The fourth-order valence-corrected chi connectivity index (χ4v) is 2.06. The van der Waals surface area contributed by atoms with Gasteiger partial charge in [0, 0.05) is 5.25 Å². The lowest BCUT2D eigenvalue weighted by molar-refractivity contribution is 0.463. The molecule has 1 unspecified atom stereocenters. The second kappa shape index (κ2) is 3.02. The number of fused-ring (bicyclic) bond motifs is 1. The summed E-state index contributed by atoms with van der Waals surface area (Å²) >= 11 is 4.42. The van der Waals surface area contributed by atoms with Gasteiger partial charge in [0.1, 0.15) is 5.75 Å². The van der Waals surface area contributed by atoms with Crippen molar-refractivity contribution in [2.75, 3.05) is 0 Å². The summed E-state index contributed by atoms with van der Waals surface area (Å²) in [4.78, 5) is 0. The van der Waals surface area contributed by atoms with E-state index in [0.29, 0.717) is 11.0 Å². The third-order valence-corrected chi connectivity index (χ3v) is 2.88. The van der Waals surface area contributed by atoms with Crippen LogP contribution in [-0.4, -0.2) is 10.4 Å². The van der Waals surface area contributed by atoms with Gasteiger partial charge in [0.2, 0.25) is 0 Å². The third-order valence-electron chi connectivity index (χ3n) is 2.43. The van der Waals surface area contributed by atoms with Gasteiger partial charge in [-0.2, -0.15) is 12.6 Å². The molecule has 1 aliphatic rings. The first kappa shape index (κ1) is 7.99. The van der Waals surface area contributed by atoms with Crippen molar-refractivity contribution < 1.29 is 5.11 Å². The Bertz CT molecular complexity index is 296. The van der Waals surface area contributed by atoms with Gasteiger partial charge in [-0.25, -0.2) is 0 Å². The van der Waals surface area contributed by atoms with Crippen LogP contribution in [0.15, 0.2) is 18.2 Å². The molecule has 2 heteroatoms. The predicted molar refractivity (Wildman–Crippen MR) is 52.9 cm³/mol. The van der Waals surface area contributed by atoms with Crippen LogP contribution in [0.4, 0.5) is 0 Å². The molecule has 1 aromatic rings. The zero-order valence-electron chi connectivity index (χ0n) is 6.83. The number of aryl methyl sites for hydroxylation is 1. The molecule has 64 valence electrons. The largest absolute Gasteiger partial charge is 0.508 e. The van der Waals surface area contributed by atoms with Gasteiger partial charge in [-0.15, -0.1) is 0 Å². The van der Waals surface area contributed by atoms with Crippen molar-refractivity contribution in [1.82, 2.24) is 0 Å². The molecule has 0 radical (unpaired) electrons. The maximum Gasteiger partial charge on any atom is 0.119 e. The summed E-state index contributed by atoms with van der Waals surface area (Å²) in [5.74, 6) is 0.436. The van der Waals surface area contributed by atoms with E-state index >= 15 is 0 Å². The van der Waals surface area contributed by atoms with Crippen LogP contribution in [0.1, 0.15) is 17.5 Å². The van der Waals surface area contributed by atoms with E-state index in [1.165, 1.54) is 5.56 Å². The average Bonchev–Trinajstić information content (AvgIpc) is 2.07. The Labute approximate surface area is 77.8 Å². The van der Waals surface area contributed by atoms with Crippen LogP contribution in [0.5, 0.6) is 5.75 Å². The van der Waals surface area contributed by atoms with Gasteiger partial charge in [-0.1, -0.05) is 12.1 Å². The fraction of sp³-hybridized carbons (Fsp3) is 0.400. The van der Waals surface area contributed by atoms with E-state index in [0.717, 1.165) is 24.8 Å². The van der Waals surface area contributed by atoms with E-state index in [4.69, 9.17) is 0 Å². The van der Waals surface area contributed by atoms with E-state index in [-0.39, 0.29) is 0 Å². The second-order valence-corrected chi connectivity index (χ2v) is 4.04. The van der Waals surface area contributed by atoms with Crippen molar-refractivity contribution in [3.05, 3.63) is 29.3 Å². The highest BCUT2D eigenvalue weighted by Crippen LogP contribution is 2.30. The van der Waals surface area contributed by atoms with Crippen LogP contribution in [0.25, 0.3) is 0 Å². The van der Waals surface area contributed by atoms with Crippen molar-refractivity contribution in [3.63, 3.8) is 0 Å². The van der Waals surface area contributed by atoms with Crippen LogP contribution in [0.2, 0.25) is 0 Å². The molecular formula is C10H12OS. The van der Waals surface area contributed by atoms with Gasteiger partial charge in [0.05, 0.1) is 0 Å². The summed E-state index contributed by atoms with van der Waals surface area (Å²) in [6.45, 7) is 0. The molecule has 1 nitrogen and oxygen atoms in total. The molecule has 0 saturated carbocycles. The highest BCUT2D eigenvalue weighted by Gasteiger charge is 2.17. The molecule has 0 bridgehead atoms. The van der Waals surface area contributed by atoms with Gasteiger partial charge >= 0.3 is 0 Å². The lowest BCUT2D eigenvalue weighted by Crippen LogP contribution is -2.13. The monoisotopic (exact) mass is 180 g/mol. The van der Waals surface area contributed by atoms with Crippen LogP contribution in [0.3, 0.4) is 0 Å². The number of hydrogen-bond acceptors (Lipinski definition) is 2. The topological polar surface area (TPSA) is 20.2 Å². The van der Waals surface area contributed by atoms with Gasteiger partial charge in [0.15, 0.2) is 0 Å². The van der Waals surface area contributed by atoms with Crippen molar-refractivity contribution >= 4 is 12.6 Å². The highest BCUT2D eigenvalue weighted by molar-refractivity contribution is 7.80. The minimum Gasteiger partial charge on any atom is -0.508 e. The Hall–Kier alpha value is -0.630. The number of phenols is 1. The van der Waals surface area contributed by atoms with E-state index in [2.05, 4.69) is 18.7 Å². The molecule has 0 amide bonds. The summed E-state index contributed by atoms with van der Waals surface area (Å²) in [6, 6.07) is 5.76. The van der Waals surface area contributed by atoms with Crippen molar-refractivity contribution in [2.45, 2.75) is 24.5 Å². The minimum absolute atomic E-state index is 0.422. The van der Waals surface area contributed by atoms with Crippen molar-refractivity contribution in [3.8, 4) is 5.75 Å². The maximum atomic E-state index is 9.54. The molecule has 12 heavy (non-hydrogen) atoms. The maximum absolute atomic E-state index is 9.54. The van der Waals surface area contributed by atoms with Gasteiger partial charge < -0.3 is 5.11 Å². The normalized spacial score (nSPS) is 21.9. The lowest BCUT2D eigenvalue weighted by atomic mass is 9.91. The molecule has 1 atom stereocenters. The molecule has 0 aromatic heterocycles. The molecule has 0 fully saturated rings. The van der Waals surface area contributed by atoms with E-state index in [1.807, 2.05) is 6.07 Å². The highest BCUT2D eigenvalue weighted by atomic mass is 32.1. The number of hydrogen-bond donors (Lipinski definition) is 2. The summed E-state index contributed by atoms with van der Waals surface area (Å²) in [6.07, 6.45) is 3.09. The summed E-state index contributed by atoms with van der Waals surface area (Å²) in [5, 5.41) is 9.96. The predicted octanol–water partition coefficient (Wildman–Crippen LogP) is 2.18. The Morgan fingerprint density at radius 2 is 2.25 bits per heavy atom. The van der Waals surface area contributed by atoms with E-state index < -0.39 is 0 Å². The third kappa shape index (κ3) is 1.31. The molecule has 0 saturated heterocycles. The molecule has 1 N–H and O–H groups in total.